The van der Waals surface area contributed by atoms with Gasteiger partial charge in [0.25, 0.3) is 0 Å². The molecule has 12 aromatic rings. The Balaban J connectivity index is 1.07. The van der Waals surface area contributed by atoms with E-state index in [0.29, 0.717) is 0 Å². The van der Waals surface area contributed by atoms with Gasteiger partial charge < -0.3 is 14.1 Å². The zero-order valence-corrected chi connectivity index (χ0v) is 37.9. The van der Waals surface area contributed by atoms with Crippen molar-refractivity contribution >= 4 is 39.0 Å². The number of nitrogens with zero attached hydrogens (tertiary/aromatic N) is 1. The van der Waals surface area contributed by atoms with E-state index < -0.39 is 5.41 Å². The van der Waals surface area contributed by atoms with Gasteiger partial charge in [-0.3, -0.25) is 0 Å². The van der Waals surface area contributed by atoms with Gasteiger partial charge in [0, 0.05) is 38.8 Å². The molecule has 0 fully saturated rings. The number of rotatable bonds is 4. The average molecular weight is 892 g/mol. The molecule has 0 amide bonds. The molecule has 2 heterocycles. The van der Waals surface area contributed by atoms with Crippen LogP contribution in [0.4, 0.5) is 17.1 Å². The fraction of sp³-hybridized carbons (Fsp3) is 0.0149. The molecule has 1 aliphatic heterocycles. The molecule has 0 radical (unpaired) electrons. The van der Waals surface area contributed by atoms with Crippen molar-refractivity contribution in [2.24, 2.45) is 0 Å². The number of para-hydroxylation sites is 4. The average Bonchev–Trinajstić information content (AvgIpc) is 3.88. The van der Waals surface area contributed by atoms with E-state index in [9.17, 15) is 0 Å². The van der Waals surface area contributed by atoms with E-state index >= 15 is 0 Å². The van der Waals surface area contributed by atoms with Crippen molar-refractivity contribution in [3.8, 4) is 78.3 Å². The van der Waals surface area contributed by atoms with Crippen molar-refractivity contribution in [1.82, 2.24) is 0 Å². The zero-order valence-electron chi connectivity index (χ0n) is 37.9. The number of fused-ring (bicyclic) bond motifs is 21. The van der Waals surface area contributed by atoms with Crippen LogP contribution in [0.25, 0.3) is 88.7 Å². The number of hydrogen-bond acceptors (Lipinski definition) is 3. The Labute approximate surface area is 405 Å². The minimum Gasteiger partial charge on any atom is -0.456 e. The van der Waals surface area contributed by atoms with E-state index in [1.807, 2.05) is 6.07 Å². The molecule has 15 rings (SSSR count). The molecule has 11 aromatic carbocycles. The Kier molecular flexibility index (Phi) is 8.28. The summed E-state index contributed by atoms with van der Waals surface area (Å²) >= 11 is 0. The predicted octanol–water partition coefficient (Wildman–Crippen LogP) is 18.2. The van der Waals surface area contributed by atoms with Crippen LogP contribution in [0.1, 0.15) is 22.3 Å². The van der Waals surface area contributed by atoms with Gasteiger partial charge in [-0.1, -0.05) is 194 Å². The highest BCUT2D eigenvalue weighted by atomic mass is 16.5. The molecule has 1 atom stereocenters. The molecule has 70 heavy (non-hydrogen) atoms. The van der Waals surface area contributed by atoms with E-state index in [-0.39, 0.29) is 0 Å². The minimum atomic E-state index is -0.724. The monoisotopic (exact) mass is 891 g/mol. The summed E-state index contributed by atoms with van der Waals surface area (Å²) < 4.78 is 13.4. The first-order valence-electron chi connectivity index (χ1n) is 24.1. The summed E-state index contributed by atoms with van der Waals surface area (Å²) in [5.74, 6) is 1.69. The van der Waals surface area contributed by atoms with Gasteiger partial charge >= 0.3 is 0 Å². The second-order valence-electron chi connectivity index (χ2n) is 18.6. The van der Waals surface area contributed by atoms with Crippen molar-refractivity contribution in [1.29, 1.82) is 0 Å². The summed E-state index contributed by atoms with van der Waals surface area (Å²) in [6, 6.07) is 90.9. The first-order valence-corrected chi connectivity index (χ1v) is 24.1. The Morgan fingerprint density at radius 1 is 0.314 bits per heavy atom. The molecule has 3 nitrogen and oxygen atoms in total. The van der Waals surface area contributed by atoms with E-state index in [1.54, 1.807) is 0 Å². The van der Waals surface area contributed by atoms with E-state index in [4.69, 9.17) is 9.15 Å². The van der Waals surface area contributed by atoms with Crippen molar-refractivity contribution in [2.45, 2.75) is 5.41 Å². The molecule has 2 aliphatic carbocycles. The van der Waals surface area contributed by atoms with Crippen molar-refractivity contribution < 1.29 is 9.15 Å². The molecule has 3 aliphatic rings. The highest BCUT2D eigenvalue weighted by molar-refractivity contribution is 6.16. The second-order valence-corrected chi connectivity index (χ2v) is 18.6. The predicted molar refractivity (Wildman–Crippen MR) is 287 cm³/mol. The van der Waals surface area contributed by atoms with Crippen LogP contribution in [0.15, 0.2) is 253 Å². The van der Waals surface area contributed by atoms with Crippen molar-refractivity contribution in [3.05, 3.63) is 271 Å². The molecule has 326 valence electrons. The van der Waals surface area contributed by atoms with E-state index in [0.717, 1.165) is 83.9 Å². The third-order valence-corrected chi connectivity index (χ3v) is 15.1. The molecule has 3 heteroatoms. The van der Waals surface area contributed by atoms with Gasteiger partial charge in [0.15, 0.2) is 0 Å². The van der Waals surface area contributed by atoms with Gasteiger partial charge in [0.1, 0.15) is 22.7 Å². The molecule has 1 aromatic heterocycles. The largest absolute Gasteiger partial charge is 0.456 e. The lowest BCUT2D eigenvalue weighted by atomic mass is 9.65. The smallest absolute Gasteiger partial charge is 0.136 e. The van der Waals surface area contributed by atoms with Crippen LogP contribution in [0.2, 0.25) is 0 Å². The van der Waals surface area contributed by atoms with Crippen molar-refractivity contribution in [3.63, 3.8) is 0 Å². The summed E-state index contributed by atoms with van der Waals surface area (Å²) in [5, 5.41) is 2.28. The SMILES string of the molecule is c1ccc(-c2ccccc2N(c2ccc3c(c2)-c2ccccc2Oc2ccccc2-3)c2ccc3c(c2)C2(c4ccccc4-c4ccccc4-3)c3ccccc3-c3c2ccc2oc4ccccc4c32)cc1. The van der Waals surface area contributed by atoms with Crippen LogP contribution in [0.3, 0.4) is 0 Å². The Bertz CT molecular complexity index is 4130. The lowest BCUT2D eigenvalue weighted by Gasteiger charge is -2.37. The van der Waals surface area contributed by atoms with Gasteiger partial charge in [-0.05, 0) is 127 Å². The summed E-state index contributed by atoms with van der Waals surface area (Å²) in [4.78, 5) is 2.48. The number of anilines is 3. The third kappa shape index (κ3) is 5.40. The van der Waals surface area contributed by atoms with Crippen LogP contribution in [-0.4, -0.2) is 0 Å². The van der Waals surface area contributed by atoms with Gasteiger partial charge in [-0.2, -0.15) is 0 Å². The summed E-state index contributed by atoms with van der Waals surface area (Å²) in [5.41, 5.74) is 23.2. The molecule has 0 bridgehead atoms. The molecular formula is C67H41NO2. The fourth-order valence-electron chi connectivity index (χ4n) is 12.3. The molecule has 0 saturated heterocycles. The van der Waals surface area contributed by atoms with Crippen LogP contribution >= 0.6 is 0 Å². The molecular weight excluding hydrogens is 851 g/mol. The van der Waals surface area contributed by atoms with Gasteiger partial charge in [-0.25, -0.2) is 0 Å². The van der Waals surface area contributed by atoms with E-state index in [2.05, 4.69) is 248 Å². The van der Waals surface area contributed by atoms with E-state index in [1.165, 1.54) is 55.6 Å². The van der Waals surface area contributed by atoms with Crippen LogP contribution in [-0.2, 0) is 5.41 Å². The minimum absolute atomic E-state index is 0.724. The number of hydrogen-bond donors (Lipinski definition) is 0. The normalized spacial score (nSPS) is 14.5. The molecule has 0 saturated carbocycles. The number of benzene rings is 11. The van der Waals surface area contributed by atoms with Crippen molar-refractivity contribution in [2.75, 3.05) is 4.90 Å². The highest BCUT2D eigenvalue weighted by Crippen LogP contribution is 2.64. The van der Waals surface area contributed by atoms with Crippen LogP contribution in [0, 0.1) is 0 Å². The van der Waals surface area contributed by atoms with Gasteiger partial charge in [-0.15, -0.1) is 0 Å². The molecule has 1 spiro atoms. The summed E-state index contributed by atoms with van der Waals surface area (Å²) in [7, 11) is 0. The zero-order chi connectivity index (χ0) is 45.9. The van der Waals surface area contributed by atoms with Crippen LogP contribution in [0.5, 0.6) is 11.5 Å². The highest BCUT2D eigenvalue weighted by Gasteiger charge is 2.51. The maximum atomic E-state index is 6.70. The first-order chi connectivity index (χ1) is 34.7. The summed E-state index contributed by atoms with van der Waals surface area (Å²) in [6.07, 6.45) is 0. The number of ether oxygens (including phenoxy) is 1. The summed E-state index contributed by atoms with van der Waals surface area (Å²) in [6.45, 7) is 0. The standard InChI is InChI=1S/C67H41NO2/c1-2-18-42(19-3-1)45-20-8-14-30-60(45)68(43-34-36-48-51-24-9-15-31-61(51)69-62-32-16-10-25-52(62)55(48)40-43)44-35-37-50-47-22-5-4-21-46(47)49-23-6-12-28-56(49)67(59(50)41-44)57-29-13-7-26-53(57)65-58(67)38-39-64-66(65)54-27-11-17-33-63(54)70-64/h1-41H. The lowest BCUT2D eigenvalue weighted by molar-refractivity contribution is 0.488. The fourth-order valence-corrected chi connectivity index (χ4v) is 12.3. The topological polar surface area (TPSA) is 25.6 Å². The van der Waals surface area contributed by atoms with Gasteiger partial charge in [0.2, 0.25) is 0 Å². The van der Waals surface area contributed by atoms with Crippen LogP contribution < -0.4 is 9.64 Å². The number of furan rings is 1. The van der Waals surface area contributed by atoms with Gasteiger partial charge in [0.05, 0.1) is 11.1 Å². The maximum Gasteiger partial charge on any atom is 0.136 e. The lowest BCUT2D eigenvalue weighted by Crippen LogP contribution is -2.29. The Morgan fingerprint density at radius 3 is 1.60 bits per heavy atom. The Hall–Kier alpha value is -9.18. The maximum absolute atomic E-state index is 6.70. The quantitative estimate of drug-likeness (QED) is 0.176. The molecule has 1 unspecified atom stereocenters. The first kappa shape index (κ1) is 38.9. The molecule has 0 N–H and O–H groups in total. The third-order valence-electron chi connectivity index (χ3n) is 15.1. The Morgan fingerprint density at radius 2 is 0.843 bits per heavy atom. The second kappa shape index (κ2) is 14.9.